The lowest BCUT2D eigenvalue weighted by molar-refractivity contribution is 0.192. The zero-order valence-corrected chi connectivity index (χ0v) is 15.1. The zero-order chi connectivity index (χ0) is 16.7. The van der Waals surface area contributed by atoms with Crippen molar-refractivity contribution in [2.75, 3.05) is 26.7 Å². The van der Waals surface area contributed by atoms with Crippen LogP contribution >= 0.6 is 0 Å². The number of nitrogens with zero attached hydrogens (tertiary/aromatic N) is 2. The van der Waals surface area contributed by atoms with Crippen LogP contribution in [0.25, 0.3) is 0 Å². The normalized spacial score (nSPS) is 17.5. The summed E-state index contributed by atoms with van der Waals surface area (Å²) in [6.45, 7) is 11.0. The summed E-state index contributed by atoms with van der Waals surface area (Å²) in [5.41, 5.74) is 2.58. The molecule has 0 aliphatic carbocycles. The summed E-state index contributed by atoms with van der Waals surface area (Å²) >= 11 is 0. The van der Waals surface area contributed by atoms with Crippen molar-refractivity contribution in [3.8, 4) is 0 Å². The van der Waals surface area contributed by atoms with Crippen molar-refractivity contribution < 1.29 is 0 Å². The molecule has 0 saturated carbocycles. The summed E-state index contributed by atoms with van der Waals surface area (Å²) in [7, 11) is 1.84. The summed E-state index contributed by atoms with van der Waals surface area (Å²) in [5.74, 6) is 1.53. The Morgan fingerprint density at radius 3 is 2.57 bits per heavy atom. The molecule has 0 radical (unpaired) electrons. The Hall–Kier alpha value is -1.55. The van der Waals surface area contributed by atoms with Gasteiger partial charge in [-0.25, -0.2) is 0 Å². The van der Waals surface area contributed by atoms with Crippen LogP contribution in [0.15, 0.2) is 29.3 Å². The Morgan fingerprint density at radius 2 is 1.96 bits per heavy atom. The maximum absolute atomic E-state index is 4.36. The second-order valence-corrected chi connectivity index (χ2v) is 6.85. The van der Waals surface area contributed by atoms with Gasteiger partial charge in [0.05, 0.1) is 0 Å². The van der Waals surface area contributed by atoms with Gasteiger partial charge in [-0.05, 0) is 44.3 Å². The summed E-state index contributed by atoms with van der Waals surface area (Å²) in [6, 6.07) is 9.16. The van der Waals surface area contributed by atoms with Crippen LogP contribution in [0.2, 0.25) is 0 Å². The topological polar surface area (TPSA) is 39.7 Å². The van der Waals surface area contributed by atoms with Crippen molar-refractivity contribution in [2.24, 2.45) is 10.9 Å². The Kier molecular flexibility index (Phi) is 6.90. The van der Waals surface area contributed by atoms with Crippen molar-refractivity contribution in [2.45, 2.75) is 46.2 Å². The van der Waals surface area contributed by atoms with Crippen LogP contribution in [0.4, 0.5) is 0 Å². The van der Waals surface area contributed by atoms with Crippen molar-refractivity contribution in [3.63, 3.8) is 0 Å². The SMILES string of the molecule is CN=C(NCc1cccc(C)c1)NCC(C(C)C)N1CCCC1. The molecule has 1 heterocycles. The monoisotopic (exact) mass is 316 g/mol. The van der Waals surface area contributed by atoms with E-state index in [1.807, 2.05) is 7.05 Å². The molecule has 1 atom stereocenters. The van der Waals surface area contributed by atoms with E-state index in [1.165, 1.54) is 37.1 Å². The molecular formula is C19H32N4. The second-order valence-electron chi connectivity index (χ2n) is 6.85. The third-order valence-electron chi connectivity index (χ3n) is 4.62. The van der Waals surface area contributed by atoms with Crippen LogP contribution < -0.4 is 10.6 Å². The van der Waals surface area contributed by atoms with Gasteiger partial charge in [0.1, 0.15) is 0 Å². The third-order valence-corrected chi connectivity index (χ3v) is 4.62. The van der Waals surface area contributed by atoms with E-state index >= 15 is 0 Å². The largest absolute Gasteiger partial charge is 0.355 e. The van der Waals surface area contributed by atoms with E-state index in [0.717, 1.165) is 19.0 Å². The van der Waals surface area contributed by atoms with Crippen molar-refractivity contribution in [3.05, 3.63) is 35.4 Å². The molecule has 1 aliphatic heterocycles. The fraction of sp³-hybridized carbons (Fsp3) is 0.632. The summed E-state index contributed by atoms with van der Waals surface area (Å²) in [4.78, 5) is 6.98. The Balaban J connectivity index is 1.83. The minimum atomic E-state index is 0.579. The van der Waals surface area contributed by atoms with Crippen LogP contribution in [0.5, 0.6) is 0 Å². The molecule has 0 spiro atoms. The van der Waals surface area contributed by atoms with Gasteiger partial charge in [-0.1, -0.05) is 43.7 Å². The molecule has 2 rings (SSSR count). The second kappa shape index (κ2) is 8.92. The Bertz CT molecular complexity index is 504. The molecule has 1 saturated heterocycles. The van der Waals surface area contributed by atoms with Crippen molar-refractivity contribution >= 4 is 5.96 Å². The van der Waals surface area contributed by atoms with Crippen LogP contribution in [0.1, 0.15) is 37.8 Å². The summed E-state index contributed by atoms with van der Waals surface area (Å²) < 4.78 is 0. The molecule has 1 aromatic carbocycles. The fourth-order valence-corrected chi connectivity index (χ4v) is 3.29. The number of hydrogen-bond donors (Lipinski definition) is 2. The van der Waals surface area contributed by atoms with Gasteiger partial charge in [0.15, 0.2) is 5.96 Å². The number of nitrogens with one attached hydrogen (secondary N) is 2. The predicted octanol–water partition coefficient (Wildman–Crippen LogP) is 2.78. The highest BCUT2D eigenvalue weighted by atomic mass is 15.2. The van der Waals surface area contributed by atoms with Crippen LogP contribution in [0.3, 0.4) is 0 Å². The van der Waals surface area contributed by atoms with E-state index in [9.17, 15) is 0 Å². The molecule has 1 aliphatic rings. The molecule has 128 valence electrons. The molecule has 4 heteroatoms. The summed E-state index contributed by atoms with van der Waals surface area (Å²) in [5, 5.41) is 6.93. The number of likely N-dealkylation sites (tertiary alicyclic amines) is 1. The molecule has 23 heavy (non-hydrogen) atoms. The molecule has 1 unspecified atom stereocenters. The highest BCUT2D eigenvalue weighted by Crippen LogP contribution is 2.17. The quantitative estimate of drug-likeness (QED) is 0.626. The lowest BCUT2D eigenvalue weighted by Crippen LogP contribution is -2.48. The molecule has 0 bridgehead atoms. The van der Waals surface area contributed by atoms with Crippen LogP contribution in [-0.4, -0.2) is 43.6 Å². The lowest BCUT2D eigenvalue weighted by atomic mass is 10.0. The van der Waals surface area contributed by atoms with Gasteiger partial charge in [0.25, 0.3) is 0 Å². The van der Waals surface area contributed by atoms with Gasteiger partial charge >= 0.3 is 0 Å². The first-order valence-electron chi connectivity index (χ1n) is 8.84. The van der Waals surface area contributed by atoms with E-state index in [4.69, 9.17) is 0 Å². The molecule has 4 nitrogen and oxygen atoms in total. The van der Waals surface area contributed by atoms with Crippen molar-refractivity contribution in [1.82, 2.24) is 15.5 Å². The molecule has 0 aromatic heterocycles. The standard InChI is InChI=1S/C19H32N4/c1-15(2)18(23-10-5-6-11-23)14-22-19(20-4)21-13-17-9-7-8-16(3)12-17/h7-9,12,15,18H,5-6,10-11,13-14H2,1-4H3,(H2,20,21,22). The number of hydrogen-bond acceptors (Lipinski definition) is 2. The predicted molar refractivity (Wildman–Crippen MR) is 98.8 cm³/mol. The minimum absolute atomic E-state index is 0.579. The molecule has 0 amide bonds. The van der Waals surface area contributed by atoms with Gasteiger partial charge in [0, 0.05) is 26.2 Å². The molecular weight excluding hydrogens is 284 g/mol. The average molecular weight is 316 g/mol. The molecule has 2 N–H and O–H groups in total. The molecule has 1 aromatic rings. The van der Waals surface area contributed by atoms with Gasteiger partial charge in [-0.3, -0.25) is 9.89 Å². The third kappa shape index (κ3) is 5.54. The first kappa shape index (κ1) is 17.8. The zero-order valence-electron chi connectivity index (χ0n) is 15.1. The van der Waals surface area contributed by atoms with Crippen LogP contribution in [0, 0.1) is 12.8 Å². The number of rotatable bonds is 6. The minimum Gasteiger partial charge on any atom is -0.355 e. The smallest absolute Gasteiger partial charge is 0.191 e. The van der Waals surface area contributed by atoms with Gasteiger partial charge in [-0.15, -0.1) is 0 Å². The van der Waals surface area contributed by atoms with E-state index in [-0.39, 0.29) is 0 Å². The van der Waals surface area contributed by atoms with E-state index in [1.54, 1.807) is 0 Å². The number of guanidine groups is 1. The van der Waals surface area contributed by atoms with Crippen molar-refractivity contribution in [1.29, 1.82) is 0 Å². The fourth-order valence-electron chi connectivity index (χ4n) is 3.29. The van der Waals surface area contributed by atoms with Gasteiger partial charge in [-0.2, -0.15) is 0 Å². The Morgan fingerprint density at radius 1 is 1.22 bits per heavy atom. The first-order valence-corrected chi connectivity index (χ1v) is 8.84. The summed E-state index contributed by atoms with van der Waals surface area (Å²) in [6.07, 6.45) is 2.67. The highest BCUT2D eigenvalue weighted by Gasteiger charge is 2.24. The lowest BCUT2D eigenvalue weighted by Gasteiger charge is -2.31. The van der Waals surface area contributed by atoms with Gasteiger partial charge < -0.3 is 10.6 Å². The Labute approximate surface area is 141 Å². The number of aryl methyl sites for hydroxylation is 1. The van der Waals surface area contributed by atoms with Crippen LogP contribution in [-0.2, 0) is 6.54 Å². The molecule has 1 fully saturated rings. The van der Waals surface area contributed by atoms with Gasteiger partial charge in [0.2, 0.25) is 0 Å². The number of benzene rings is 1. The van der Waals surface area contributed by atoms with E-state index < -0.39 is 0 Å². The van der Waals surface area contributed by atoms with E-state index in [2.05, 4.69) is 65.6 Å². The average Bonchev–Trinajstić information content (AvgIpc) is 3.04. The maximum atomic E-state index is 4.36. The highest BCUT2D eigenvalue weighted by molar-refractivity contribution is 5.79. The van der Waals surface area contributed by atoms with E-state index in [0.29, 0.717) is 12.0 Å². The maximum Gasteiger partial charge on any atom is 0.191 e. The number of aliphatic imine (C=N–C) groups is 1. The first-order chi connectivity index (χ1) is 11.1.